The van der Waals surface area contributed by atoms with Crippen LogP contribution in [0.5, 0.6) is 5.75 Å². The lowest BCUT2D eigenvalue weighted by Gasteiger charge is -2.37. The van der Waals surface area contributed by atoms with E-state index in [1.54, 1.807) is 30.3 Å². The summed E-state index contributed by atoms with van der Waals surface area (Å²) >= 11 is 0. The number of carbonyl (C=O) groups is 2. The van der Waals surface area contributed by atoms with E-state index in [0.717, 1.165) is 12.6 Å². The third kappa shape index (κ3) is 7.61. The molecule has 0 aliphatic carbocycles. The van der Waals surface area contributed by atoms with Gasteiger partial charge in [0.15, 0.2) is 11.5 Å². The normalized spacial score (nSPS) is 16.6. The van der Waals surface area contributed by atoms with Crippen molar-refractivity contribution in [2.75, 3.05) is 38.5 Å². The number of ether oxygens (including phenoxy) is 1. The number of anilines is 1. The van der Waals surface area contributed by atoms with Gasteiger partial charge in [0.2, 0.25) is 5.91 Å². The van der Waals surface area contributed by atoms with Crippen LogP contribution in [0.1, 0.15) is 22.8 Å². The maximum absolute atomic E-state index is 14.0. The van der Waals surface area contributed by atoms with Crippen molar-refractivity contribution in [3.05, 3.63) is 77.7 Å². The van der Waals surface area contributed by atoms with E-state index in [0.29, 0.717) is 29.9 Å². The Morgan fingerprint density at radius 1 is 1.10 bits per heavy atom. The predicted molar refractivity (Wildman–Crippen MR) is 138 cm³/mol. The minimum atomic E-state index is -4.98. The van der Waals surface area contributed by atoms with Crippen molar-refractivity contribution in [3.63, 3.8) is 0 Å². The minimum absolute atomic E-state index is 0.0121. The predicted octanol–water partition coefficient (Wildman–Crippen LogP) is 4.79. The molecule has 39 heavy (non-hydrogen) atoms. The van der Waals surface area contributed by atoms with Gasteiger partial charge in [0, 0.05) is 49.4 Å². The lowest BCUT2D eigenvalue weighted by atomic mass is 10.0. The van der Waals surface area contributed by atoms with Crippen molar-refractivity contribution in [3.8, 4) is 17.0 Å². The zero-order valence-corrected chi connectivity index (χ0v) is 21.5. The number of piperazine rings is 1. The molecule has 7 nitrogen and oxygen atoms in total. The number of nitrogens with zero attached hydrogens (tertiary/aromatic N) is 3. The minimum Gasteiger partial charge on any atom is -0.404 e. The summed E-state index contributed by atoms with van der Waals surface area (Å²) in [5.74, 6) is -1.96. The number of likely N-dealkylation sites (N-methyl/N-ethyl adjacent to an activating group) is 1. The molecule has 0 bridgehead atoms. The van der Waals surface area contributed by atoms with E-state index >= 15 is 0 Å². The largest absolute Gasteiger partial charge is 0.573 e. The van der Waals surface area contributed by atoms with Gasteiger partial charge in [0.1, 0.15) is 5.82 Å². The van der Waals surface area contributed by atoms with Gasteiger partial charge in [-0.25, -0.2) is 4.39 Å². The Morgan fingerprint density at radius 3 is 2.54 bits per heavy atom. The van der Waals surface area contributed by atoms with Gasteiger partial charge in [-0.05, 0) is 55.9 Å². The van der Waals surface area contributed by atoms with E-state index in [1.165, 1.54) is 24.4 Å². The maximum atomic E-state index is 14.0. The van der Waals surface area contributed by atoms with Crippen LogP contribution >= 0.6 is 0 Å². The second kappa shape index (κ2) is 11.9. The number of benzene rings is 2. The highest BCUT2D eigenvalue weighted by molar-refractivity contribution is 6.00. The monoisotopic (exact) mass is 544 g/mol. The highest BCUT2D eigenvalue weighted by Crippen LogP contribution is 2.32. The number of aromatic nitrogens is 1. The molecule has 1 amide bonds. The van der Waals surface area contributed by atoms with Crippen molar-refractivity contribution in [1.29, 1.82) is 0 Å². The first-order chi connectivity index (χ1) is 18.5. The fourth-order valence-electron chi connectivity index (χ4n) is 4.32. The molecule has 206 valence electrons. The Hall–Kier alpha value is -3.83. The van der Waals surface area contributed by atoms with Crippen LogP contribution in [0.3, 0.4) is 0 Å². The second-order valence-electron chi connectivity index (χ2n) is 9.50. The summed E-state index contributed by atoms with van der Waals surface area (Å²) in [4.78, 5) is 34.0. The lowest BCUT2D eigenvalue weighted by molar-refractivity contribution is -0.274. The van der Waals surface area contributed by atoms with E-state index in [-0.39, 0.29) is 30.3 Å². The van der Waals surface area contributed by atoms with Gasteiger partial charge in [0.05, 0.1) is 17.9 Å². The van der Waals surface area contributed by atoms with Gasteiger partial charge in [-0.2, -0.15) is 0 Å². The molecule has 0 saturated carbocycles. The summed E-state index contributed by atoms with van der Waals surface area (Å²) in [6.45, 7) is 4.05. The third-order valence-corrected chi connectivity index (χ3v) is 6.55. The lowest BCUT2D eigenvalue weighted by Crippen LogP contribution is -2.51. The van der Waals surface area contributed by atoms with Crippen LogP contribution in [-0.2, 0) is 11.2 Å². The molecule has 1 aliphatic rings. The van der Waals surface area contributed by atoms with Crippen LogP contribution in [0.25, 0.3) is 11.3 Å². The molecular weight excluding hydrogens is 516 g/mol. The van der Waals surface area contributed by atoms with Crippen LogP contribution < -0.4 is 10.1 Å². The van der Waals surface area contributed by atoms with Crippen LogP contribution in [0, 0.1) is 5.82 Å². The Labute approximate surface area is 223 Å². The standard InChI is InChI=1S/C28H28F4N4O3/c1-18-16-36(12-11-35(18)2)17-27(38)34-24-14-20(8-10-26(24)39-28(30,31)32)25(37)13-19-7-9-23(33-15-19)21-5-3-4-6-22(21)29/h3-10,14-15,18H,11-13,16-17H2,1-2H3,(H,34,38)/t18-/m0/s1. The van der Waals surface area contributed by atoms with Crippen LogP contribution in [-0.4, -0.2) is 72.1 Å². The molecule has 2 aromatic carbocycles. The summed E-state index contributed by atoms with van der Waals surface area (Å²) < 4.78 is 57.1. The number of pyridine rings is 1. The highest BCUT2D eigenvalue weighted by Gasteiger charge is 2.33. The van der Waals surface area contributed by atoms with E-state index < -0.39 is 29.6 Å². The van der Waals surface area contributed by atoms with Gasteiger partial charge in [0.25, 0.3) is 0 Å². The third-order valence-electron chi connectivity index (χ3n) is 6.55. The molecule has 1 N–H and O–H groups in total. The Kier molecular flexibility index (Phi) is 8.61. The van der Waals surface area contributed by atoms with Crippen molar-refractivity contribution >= 4 is 17.4 Å². The number of Topliss-reactive ketones (excluding diaryl/α,β-unsaturated/α-hetero) is 1. The maximum Gasteiger partial charge on any atom is 0.573 e. The summed E-state index contributed by atoms with van der Waals surface area (Å²) in [6, 6.07) is 13.0. The van der Waals surface area contributed by atoms with Gasteiger partial charge in [-0.3, -0.25) is 19.5 Å². The number of halogens is 4. The molecule has 1 atom stereocenters. The van der Waals surface area contributed by atoms with Gasteiger partial charge >= 0.3 is 6.36 Å². The molecule has 2 heterocycles. The molecule has 11 heteroatoms. The quantitative estimate of drug-likeness (QED) is 0.325. The SMILES string of the molecule is C[C@H]1CN(CC(=O)Nc2cc(C(=O)Cc3ccc(-c4ccccc4F)nc3)ccc2OC(F)(F)F)CCN1C. The molecule has 1 saturated heterocycles. The summed E-state index contributed by atoms with van der Waals surface area (Å²) in [5, 5.41) is 2.48. The highest BCUT2D eigenvalue weighted by atomic mass is 19.4. The second-order valence-corrected chi connectivity index (χ2v) is 9.50. The average molecular weight is 545 g/mol. The van der Waals surface area contributed by atoms with Crippen LogP contribution in [0.2, 0.25) is 0 Å². The number of ketones is 1. The van der Waals surface area contributed by atoms with Crippen molar-refractivity contribution in [1.82, 2.24) is 14.8 Å². The Morgan fingerprint density at radius 2 is 1.87 bits per heavy atom. The molecule has 1 aliphatic heterocycles. The Balaban J connectivity index is 1.48. The van der Waals surface area contributed by atoms with Crippen molar-refractivity contribution in [2.24, 2.45) is 0 Å². The Bertz CT molecular complexity index is 1330. The fraction of sp³-hybridized carbons (Fsp3) is 0.321. The first-order valence-corrected chi connectivity index (χ1v) is 12.3. The van der Waals surface area contributed by atoms with E-state index in [9.17, 15) is 27.2 Å². The molecular formula is C28H28F4N4O3. The van der Waals surface area contributed by atoms with Crippen LogP contribution in [0.4, 0.5) is 23.2 Å². The molecule has 0 unspecified atom stereocenters. The van der Waals surface area contributed by atoms with Crippen molar-refractivity contribution < 1.29 is 31.9 Å². The number of hydrogen-bond donors (Lipinski definition) is 1. The molecule has 3 aromatic rings. The number of rotatable bonds is 8. The van der Waals surface area contributed by atoms with E-state index in [4.69, 9.17) is 0 Å². The van der Waals surface area contributed by atoms with E-state index in [2.05, 4.69) is 19.9 Å². The number of carbonyl (C=O) groups excluding carboxylic acids is 2. The number of nitrogens with one attached hydrogen (secondary N) is 1. The van der Waals surface area contributed by atoms with Crippen molar-refractivity contribution in [2.45, 2.75) is 25.7 Å². The number of hydrogen-bond acceptors (Lipinski definition) is 6. The fourth-order valence-corrected chi connectivity index (χ4v) is 4.32. The van der Waals surface area contributed by atoms with Gasteiger partial charge in [-0.1, -0.05) is 18.2 Å². The zero-order valence-electron chi connectivity index (χ0n) is 21.5. The van der Waals surface area contributed by atoms with Gasteiger partial charge in [-0.15, -0.1) is 13.2 Å². The first kappa shape index (κ1) is 28.2. The first-order valence-electron chi connectivity index (χ1n) is 12.3. The van der Waals surface area contributed by atoms with Crippen LogP contribution in [0.15, 0.2) is 60.8 Å². The molecule has 4 rings (SSSR count). The smallest absolute Gasteiger partial charge is 0.404 e. The molecule has 0 radical (unpaired) electrons. The molecule has 1 aromatic heterocycles. The van der Waals surface area contributed by atoms with E-state index in [1.807, 2.05) is 18.9 Å². The number of amides is 1. The summed E-state index contributed by atoms with van der Waals surface area (Å²) in [7, 11) is 1.98. The topological polar surface area (TPSA) is 74.8 Å². The summed E-state index contributed by atoms with van der Waals surface area (Å²) in [5.41, 5.74) is 1.09. The molecule has 1 fully saturated rings. The summed E-state index contributed by atoms with van der Waals surface area (Å²) in [6.07, 6.45) is -3.64. The number of alkyl halides is 3. The average Bonchev–Trinajstić information content (AvgIpc) is 2.87. The molecule has 0 spiro atoms. The van der Waals surface area contributed by atoms with Gasteiger partial charge < -0.3 is 15.0 Å². The zero-order chi connectivity index (χ0) is 28.2.